The van der Waals surface area contributed by atoms with Crippen LogP contribution < -0.4 is 9.47 Å². The highest BCUT2D eigenvalue weighted by molar-refractivity contribution is 7.89. The van der Waals surface area contributed by atoms with Crippen LogP contribution in [0.2, 0.25) is 0 Å². The molecule has 7 nitrogen and oxygen atoms in total. The third-order valence-electron chi connectivity index (χ3n) is 5.60. The molecule has 1 saturated heterocycles. The number of piperazine rings is 1. The zero-order valence-electron chi connectivity index (χ0n) is 17.8. The standard InChI is InChI=1S/C22H24F2N2O5S/c1-22(2,31-20-5-3-16(23)14-18(20)24)21(27)25-8-10-26(11-9-25)32(28,29)17-4-6-19-15(13-17)7-12-30-19/h3-6,13-14H,7-12H2,1-2H3. The topological polar surface area (TPSA) is 76.2 Å². The zero-order valence-corrected chi connectivity index (χ0v) is 18.6. The molecule has 1 fully saturated rings. The van der Waals surface area contributed by atoms with Crippen molar-refractivity contribution in [3.05, 3.63) is 53.6 Å². The third-order valence-corrected chi connectivity index (χ3v) is 7.49. The van der Waals surface area contributed by atoms with Crippen molar-refractivity contribution in [2.45, 2.75) is 30.8 Å². The zero-order chi connectivity index (χ0) is 23.1. The third kappa shape index (κ3) is 4.29. The van der Waals surface area contributed by atoms with Gasteiger partial charge in [0.15, 0.2) is 17.2 Å². The molecule has 0 aromatic heterocycles. The van der Waals surface area contributed by atoms with Gasteiger partial charge in [-0.25, -0.2) is 17.2 Å². The molecule has 2 aliphatic heterocycles. The molecular formula is C22H24F2N2O5S. The van der Waals surface area contributed by atoms with Gasteiger partial charge in [-0.15, -0.1) is 0 Å². The molecule has 0 saturated carbocycles. The van der Waals surface area contributed by atoms with E-state index in [0.717, 1.165) is 17.7 Å². The smallest absolute Gasteiger partial charge is 0.266 e. The molecule has 172 valence electrons. The van der Waals surface area contributed by atoms with Gasteiger partial charge in [0, 0.05) is 38.7 Å². The van der Waals surface area contributed by atoms with Crippen LogP contribution in [0.4, 0.5) is 8.78 Å². The number of halogens is 2. The average Bonchev–Trinajstić information content (AvgIpc) is 3.23. The quantitative estimate of drug-likeness (QED) is 0.677. The number of sulfonamides is 1. The summed E-state index contributed by atoms with van der Waals surface area (Å²) in [7, 11) is -3.70. The fourth-order valence-corrected chi connectivity index (χ4v) is 5.33. The van der Waals surface area contributed by atoms with Crippen LogP contribution in [0, 0.1) is 11.6 Å². The molecule has 2 heterocycles. The van der Waals surface area contributed by atoms with E-state index in [0.29, 0.717) is 24.8 Å². The van der Waals surface area contributed by atoms with E-state index in [1.165, 1.54) is 29.1 Å². The van der Waals surface area contributed by atoms with E-state index in [1.807, 2.05) is 0 Å². The molecule has 2 aromatic rings. The molecular weight excluding hydrogens is 442 g/mol. The summed E-state index contributed by atoms with van der Waals surface area (Å²) < 4.78 is 65.5. The van der Waals surface area contributed by atoms with Gasteiger partial charge in [0.1, 0.15) is 11.6 Å². The van der Waals surface area contributed by atoms with E-state index in [1.54, 1.807) is 12.1 Å². The Kier molecular flexibility index (Phi) is 5.85. The first-order valence-electron chi connectivity index (χ1n) is 10.3. The van der Waals surface area contributed by atoms with Gasteiger partial charge >= 0.3 is 0 Å². The van der Waals surface area contributed by atoms with E-state index in [2.05, 4.69) is 0 Å². The first-order valence-corrected chi connectivity index (χ1v) is 11.7. The van der Waals surface area contributed by atoms with Crippen LogP contribution in [0.3, 0.4) is 0 Å². The molecule has 0 bridgehead atoms. The number of ether oxygens (including phenoxy) is 2. The molecule has 0 radical (unpaired) electrons. The molecule has 0 N–H and O–H groups in total. The summed E-state index contributed by atoms with van der Waals surface area (Å²) in [5.74, 6) is -1.58. The Bertz CT molecular complexity index is 1150. The Hall–Kier alpha value is -2.72. The van der Waals surface area contributed by atoms with Crippen molar-refractivity contribution < 1.29 is 31.5 Å². The van der Waals surface area contributed by atoms with Gasteiger partial charge in [-0.1, -0.05) is 0 Å². The number of carbonyl (C=O) groups is 1. The van der Waals surface area contributed by atoms with E-state index < -0.39 is 33.2 Å². The minimum Gasteiger partial charge on any atom is -0.493 e. The molecule has 2 aliphatic rings. The van der Waals surface area contributed by atoms with Crippen LogP contribution in [0.15, 0.2) is 41.3 Å². The summed E-state index contributed by atoms with van der Waals surface area (Å²) in [6.45, 7) is 4.13. The van der Waals surface area contributed by atoms with Crippen molar-refractivity contribution in [2.75, 3.05) is 32.8 Å². The van der Waals surface area contributed by atoms with Crippen molar-refractivity contribution >= 4 is 15.9 Å². The van der Waals surface area contributed by atoms with Gasteiger partial charge in [-0.2, -0.15) is 4.31 Å². The van der Waals surface area contributed by atoms with Crippen molar-refractivity contribution in [3.8, 4) is 11.5 Å². The van der Waals surface area contributed by atoms with E-state index in [9.17, 15) is 22.0 Å². The lowest BCUT2D eigenvalue weighted by Gasteiger charge is -2.38. The molecule has 0 aliphatic carbocycles. The highest BCUT2D eigenvalue weighted by Crippen LogP contribution is 2.30. The van der Waals surface area contributed by atoms with Crippen molar-refractivity contribution in [1.29, 1.82) is 0 Å². The largest absolute Gasteiger partial charge is 0.493 e. The summed E-state index contributed by atoms with van der Waals surface area (Å²) in [4.78, 5) is 14.7. The first kappa shape index (κ1) is 22.5. The maximum Gasteiger partial charge on any atom is 0.266 e. The molecule has 4 rings (SSSR count). The molecule has 32 heavy (non-hydrogen) atoms. The molecule has 0 atom stereocenters. The van der Waals surface area contributed by atoms with Gasteiger partial charge in [-0.05, 0) is 49.7 Å². The van der Waals surface area contributed by atoms with Crippen LogP contribution in [-0.4, -0.2) is 61.9 Å². The number of fused-ring (bicyclic) bond motifs is 1. The number of hydrogen-bond acceptors (Lipinski definition) is 5. The Morgan fingerprint density at radius 3 is 2.47 bits per heavy atom. The van der Waals surface area contributed by atoms with Gasteiger partial charge in [0.25, 0.3) is 5.91 Å². The fraction of sp³-hybridized carbons (Fsp3) is 0.409. The maximum absolute atomic E-state index is 13.9. The van der Waals surface area contributed by atoms with Crippen LogP contribution in [-0.2, 0) is 21.2 Å². The Morgan fingerprint density at radius 1 is 1.06 bits per heavy atom. The van der Waals surface area contributed by atoms with E-state index >= 15 is 0 Å². The minimum atomic E-state index is -3.70. The first-order chi connectivity index (χ1) is 15.1. The SMILES string of the molecule is CC(C)(Oc1ccc(F)cc1F)C(=O)N1CCN(S(=O)(=O)c2ccc3c(c2)CCO3)CC1. The normalized spacial score (nSPS) is 17.1. The number of nitrogens with zero attached hydrogens (tertiary/aromatic N) is 2. The Balaban J connectivity index is 1.41. The number of amides is 1. The van der Waals surface area contributed by atoms with Gasteiger partial charge in [0.2, 0.25) is 10.0 Å². The average molecular weight is 467 g/mol. The van der Waals surface area contributed by atoms with Gasteiger partial charge in [-0.3, -0.25) is 4.79 Å². The van der Waals surface area contributed by atoms with Crippen LogP contribution in [0.5, 0.6) is 11.5 Å². The number of rotatable bonds is 5. The Morgan fingerprint density at radius 2 is 1.78 bits per heavy atom. The van der Waals surface area contributed by atoms with Gasteiger partial charge < -0.3 is 14.4 Å². The summed E-state index contributed by atoms with van der Waals surface area (Å²) in [5, 5.41) is 0. The number of carbonyl (C=O) groups excluding carboxylic acids is 1. The van der Waals surface area contributed by atoms with Crippen molar-refractivity contribution in [1.82, 2.24) is 9.21 Å². The van der Waals surface area contributed by atoms with Crippen molar-refractivity contribution in [3.63, 3.8) is 0 Å². The molecule has 2 aromatic carbocycles. The highest BCUT2D eigenvalue weighted by Gasteiger charge is 2.38. The lowest BCUT2D eigenvalue weighted by Crippen LogP contribution is -2.56. The molecule has 0 unspecified atom stereocenters. The summed E-state index contributed by atoms with van der Waals surface area (Å²) in [6, 6.07) is 7.71. The van der Waals surface area contributed by atoms with Crippen LogP contribution in [0.1, 0.15) is 19.4 Å². The second-order valence-corrected chi connectivity index (χ2v) is 10.2. The Labute approximate surface area is 185 Å². The lowest BCUT2D eigenvalue weighted by atomic mass is 10.1. The molecule has 1 amide bonds. The monoisotopic (exact) mass is 466 g/mol. The fourth-order valence-electron chi connectivity index (χ4n) is 3.86. The van der Waals surface area contributed by atoms with Gasteiger partial charge in [0.05, 0.1) is 11.5 Å². The van der Waals surface area contributed by atoms with E-state index in [-0.39, 0.29) is 36.8 Å². The second-order valence-electron chi connectivity index (χ2n) is 8.25. The molecule has 0 spiro atoms. The highest BCUT2D eigenvalue weighted by atomic mass is 32.2. The summed E-state index contributed by atoms with van der Waals surface area (Å²) >= 11 is 0. The summed E-state index contributed by atoms with van der Waals surface area (Å²) in [5.41, 5.74) is -0.550. The minimum absolute atomic E-state index is 0.128. The second kappa shape index (κ2) is 8.32. The predicted octanol–water partition coefficient (Wildman–Crippen LogP) is 2.59. The number of hydrogen-bond donors (Lipinski definition) is 0. The lowest BCUT2D eigenvalue weighted by molar-refractivity contribution is -0.146. The number of benzene rings is 2. The van der Waals surface area contributed by atoms with Crippen molar-refractivity contribution in [2.24, 2.45) is 0 Å². The van der Waals surface area contributed by atoms with Crippen LogP contribution >= 0.6 is 0 Å². The maximum atomic E-state index is 13.9. The van der Waals surface area contributed by atoms with E-state index in [4.69, 9.17) is 9.47 Å². The van der Waals surface area contributed by atoms with Crippen LogP contribution in [0.25, 0.3) is 0 Å². The summed E-state index contributed by atoms with van der Waals surface area (Å²) in [6.07, 6.45) is 0.671. The predicted molar refractivity (Wildman–Crippen MR) is 112 cm³/mol. The molecule has 10 heteroatoms.